The zero-order valence-corrected chi connectivity index (χ0v) is 16.0. The van der Waals surface area contributed by atoms with Crippen LogP contribution in [0.5, 0.6) is 0 Å². The molecule has 2 N–H and O–H groups in total. The van der Waals surface area contributed by atoms with E-state index in [0.29, 0.717) is 32.0 Å². The summed E-state index contributed by atoms with van der Waals surface area (Å²) >= 11 is 0. The number of nitriles is 1. The van der Waals surface area contributed by atoms with Gasteiger partial charge in [-0.3, -0.25) is 4.79 Å². The third-order valence-corrected chi connectivity index (χ3v) is 5.17. The first-order chi connectivity index (χ1) is 12.5. The topological polar surface area (TPSA) is 94.5 Å². The van der Waals surface area contributed by atoms with Crippen molar-refractivity contribution in [3.8, 4) is 6.19 Å². The predicted molar refractivity (Wildman–Crippen MR) is 98.0 cm³/mol. The minimum Gasteiger partial charge on any atom is -0.449 e. The summed E-state index contributed by atoms with van der Waals surface area (Å²) in [6.07, 6.45) is 8.79. The van der Waals surface area contributed by atoms with Gasteiger partial charge in [-0.25, -0.2) is 4.79 Å². The standard InChI is InChI=1S/C19H32N4O3/c1-14(2)10-17(18(24)21-16-8-9-23(11-16)13-20)22-19(25)26-12-15-6-4-3-5-7-15/h14-17H,3-12H2,1-2H3,(H,21,24)(H,22,25)/t16?,17-/m0/s1. The molecule has 2 rings (SSSR count). The van der Waals surface area contributed by atoms with Crippen molar-refractivity contribution in [1.82, 2.24) is 15.5 Å². The fraction of sp³-hybridized carbons (Fsp3) is 0.842. The molecule has 1 saturated carbocycles. The molecule has 0 spiro atoms. The van der Waals surface area contributed by atoms with E-state index in [4.69, 9.17) is 10.00 Å². The Bertz CT molecular complexity index is 511. The lowest BCUT2D eigenvalue weighted by Crippen LogP contribution is -2.50. The van der Waals surface area contributed by atoms with E-state index in [-0.39, 0.29) is 17.9 Å². The molecule has 2 fully saturated rings. The molecule has 146 valence electrons. The molecular weight excluding hydrogens is 332 g/mol. The number of nitrogens with one attached hydrogen (secondary N) is 2. The molecule has 7 heteroatoms. The maximum Gasteiger partial charge on any atom is 0.407 e. The van der Waals surface area contributed by atoms with Gasteiger partial charge in [0.05, 0.1) is 6.61 Å². The molecule has 0 radical (unpaired) electrons. The Morgan fingerprint density at radius 2 is 1.96 bits per heavy atom. The van der Waals surface area contributed by atoms with Crippen LogP contribution in [-0.2, 0) is 9.53 Å². The molecule has 0 aromatic heterocycles. The van der Waals surface area contributed by atoms with Gasteiger partial charge >= 0.3 is 6.09 Å². The van der Waals surface area contributed by atoms with Crippen LogP contribution in [0.4, 0.5) is 4.79 Å². The molecular formula is C19H32N4O3. The third-order valence-electron chi connectivity index (χ3n) is 5.17. The van der Waals surface area contributed by atoms with Crippen LogP contribution in [0.2, 0.25) is 0 Å². The number of nitrogens with zero attached hydrogens (tertiary/aromatic N) is 2. The number of carbonyl (C=O) groups excluding carboxylic acids is 2. The van der Waals surface area contributed by atoms with Crippen LogP contribution in [0.1, 0.15) is 58.8 Å². The SMILES string of the molecule is CC(C)C[C@H](NC(=O)OCC1CCCCC1)C(=O)NC1CCN(C#N)C1. The summed E-state index contributed by atoms with van der Waals surface area (Å²) < 4.78 is 5.37. The van der Waals surface area contributed by atoms with Gasteiger partial charge in [0.1, 0.15) is 6.04 Å². The molecule has 1 aliphatic carbocycles. The fourth-order valence-corrected chi connectivity index (χ4v) is 3.70. The number of hydrogen-bond donors (Lipinski definition) is 2. The number of amides is 2. The Morgan fingerprint density at radius 3 is 2.58 bits per heavy atom. The van der Waals surface area contributed by atoms with E-state index in [2.05, 4.69) is 16.8 Å². The van der Waals surface area contributed by atoms with Crippen molar-refractivity contribution in [1.29, 1.82) is 5.26 Å². The Kier molecular flexibility index (Phi) is 8.02. The van der Waals surface area contributed by atoms with Gasteiger partial charge in [0, 0.05) is 19.1 Å². The second kappa shape index (κ2) is 10.2. The van der Waals surface area contributed by atoms with E-state index in [0.717, 1.165) is 19.3 Å². The summed E-state index contributed by atoms with van der Waals surface area (Å²) in [4.78, 5) is 26.4. The Labute approximate surface area is 156 Å². The molecule has 1 heterocycles. The van der Waals surface area contributed by atoms with Crippen LogP contribution in [0.15, 0.2) is 0 Å². The van der Waals surface area contributed by atoms with Crippen LogP contribution in [0.3, 0.4) is 0 Å². The lowest BCUT2D eigenvalue weighted by Gasteiger charge is -2.24. The van der Waals surface area contributed by atoms with Gasteiger partial charge < -0.3 is 20.3 Å². The minimum atomic E-state index is -0.606. The number of ether oxygens (including phenoxy) is 1. The molecule has 1 saturated heterocycles. The van der Waals surface area contributed by atoms with Crippen molar-refractivity contribution in [3.05, 3.63) is 0 Å². The summed E-state index contributed by atoms with van der Waals surface area (Å²) in [7, 11) is 0. The van der Waals surface area contributed by atoms with Crippen LogP contribution < -0.4 is 10.6 Å². The van der Waals surface area contributed by atoms with E-state index in [9.17, 15) is 9.59 Å². The van der Waals surface area contributed by atoms with Crippen molar-refractivity contribution < 1.29 is 14.3 Å². The van der Waals surface area contributed by atoms with Gasteiger partial charge in [-0.1, -0.05) is 33.1 Å². The maximum atomic E-state index is 12.6. The van der Waals surface area contributed by atoms with E-state index in [1.54, 1.807) is 4.90 Å². The highest BCUT2D eigenvalue weighted by molar-refractivity contribution is 5.85. The molecule has 0 bridgehead atoms. The average molecular weight is 364 g/mol. The van der Waals surface area contributed by atoms with Gasteiger partial charge in [-0.05, 0) is 37.5 Å². The molecule has 2 aliphatic rings. The lowest BCUT2D eigenvalue weighted by atomic mass is 9.90. The van der Waals surface area contributed by atoms with Gasteiger partial charge in [-0.15, -0.1) is 0 Å². The average Bonchev–Trinajstić information content (AvgIpc) is 3.07. The first kappa shape index (κ1) is 20.3. The zero-order chi connectivity index (χ0) is 18.9. The second-order valence-electron chi connectivity index (χ2n) is 7.97. The zero-order valence-electron chi connectivity index (χ0n) is 16.0. The number of alkyl carbamates (subject to hydrolysis) is 1. The van der Waals surface area contributed by atoms with Crippen molar-refractivity contribution >= 4 is 12.0 Å². The van der Waals surface area contributed by atoms with Crippen LogP contribution in [0, 0.1) is 23.3 Å². The molecule has 2 atom stereocenters. The van der Waals surface area contributed by atoms with Crippen LogP contribution in [0.25, 0.3) is 0 Å². The number of hydrogen-bond acceptors (Lipinski definition) is 5. The lowest BCUT2D eigenvalue weighted by molar-refractivity contribution is -0.124. The van der Waals surface area contributed by atoms with Gasteiger partial charge in [0.25, 0.3) is 0 Å². The van der Waals surface area contributed by atoms with Gasteiger partial charge in [-0.2, -0.15) is 5.26 Å². The summed E-state index contributed by atoms with van der Waals surface area (Å²) in [5, 5.41) is 14.6. The van der Waals surface area contributed by atoms with Gasteiger partial charge in [0.2, 0.25) is 5.91 Å². The van der Waals surface area contributed by atoms with Gasteiger partial charge in [0.15, 0.2) is 6.19 Å². The largest absolute Gasteiger partial charge is 0.449 e. The summed E-state index contributed by atoms with van der Waals surface area (Å²) in [6.45, 7) is 5.65. The third kappa shape index (κ3) is 6.74. The van der Waals surface area contributed by atoms with E-state index in [1.807, 2.05) is 13.8 Å². The predicted octanol–water partition coefficient (Wildman–Crippen LogP) is 2.38. The maximum absolute atomic E-state index is 12.6. The summed E-state index contributed by atoms with van der Waals surface area (Å²) in [5.41, 5.74) is 0. The Hall–Kier alpha value is -1.97. The highest BCUT2D eigenvalue weighted by Crippen LogP contribution is 2.23. The second-order valence-corrected chi connectivity index (χ2v) is 7.97. The van der Waals surface area contributed by atoms with Crippen molar-refractivity contribution in [2.24, 2.45) is 11.8 Å². The Balaban J connectivity index is 1.80. The number of rotatable bonds is 7. The van der Waals surface area contributed by atoms with Crippen molar-refractivity contribution in [2.75, 3.05) is 19.7 Å². The molecule has 1 aliphatic heterocycles. The summed E-state index contributed by atoms with van der Waals surface area (Å²) in [5.74, 6) is 0.518. The first-order valence-corrected chi connectivity index (χ1v) is 9.86. The first-order valence-electron chi connectivity index (χ1n) is 9.86. The molecule has 26 heavy (non-hydrogen) atoms. The highest BCUT2D eigenvalue weighted by atomic mass is 16.5. The van der Waals surface area contributed by atoms with E-state index >= 15 is 0 Å². The highest BCUT2D eigenvalue weighted by Gasteiger charge is 2.28. The molecule has 1 unspecified atom stereocenters. The molecule has 0 aromatic rings. The number of likely N-dealkylation sites (tertiary alicyclic amines) is 1. The Morgan fingerprint density at radius 1 is 1.23 bits per heavy atom. The van der Waals surface area contributed by atoms with Crippen molar-refractivity contribution in [3.63, 3.8) is 0 Å². The van der Waals surface area contributed by atoms with E-state index in [1.165, 1.54) is 19.3 Å². The van der Waals surface area contributed by atoms with Crippen LogP contribution in [-0.4, -0.2) is 48.7 Å². The van der Waals surface area contributed by atoms with Crippen LogP contribution >= 0.6 is 0 Å². The minimum absolute atomic E-state index is 0.0446. The smallest absolute Gasteiger partial charge is 0.407 e. The normalized spacial score (nSPS) is 21.9. The summed E-state index contributed by atoms with van der Waals surface area (Å²) in [6, 6.07) is -0.651. The fourth-order valence-electron chi connectivity index (χ4n) is 3.70. The molecule has 0 aromatic carbocycles. The number of carbonyl (C=O) groups is 2. The quantitative estimate of drug-likeness (QED) is 0.676. The molecule has 7 nitrogen and oxygen atoms in total. The van der Waals surface area contributed by atoms with E-state index < -0.39 is 12.1 Å². The molecule has 2 amide bonds. The van der Waals surface area contributed by atoms with Crippen molar-refractivity contribution in [2.45, 2.75) is 70.9 Å². The monoisotopic (exact) mass is 364 g/mol.